The van der Waals surface area contributed by atoms with Crippen LogP contribution in [0.4, 0.5) is 0 Å². The first-order valence-electron chi connectivity index (χ1n) is 3.67. The SMILES string of the molecule is OC[C@](O)(CBr)c1ccccc1. The Morgan fingerprint density at radius 1 is 1.25 bits per heavy atom. The molecule has 0 saturated carbocycles. The zero-order valence-electron chi connectivity index (χ0n) is 6.57. The molecule has 12 heavy (non-hydrogen) atoms. The minimum atomic E-state index is -1.15. The highest BCUT2D eigenvalue weighted by Crippen LogP contribution is 2.22. The lowest BCUT2D eigenvalue weighted by molar-refractivity contribution is 0.00321. The van der Waals surface area contributed by atoms with E-state index in [4.69, 9.17) is 5.11 Å². The number of hydrogen-bond acceptors (Lipinski definition) is 2. The molecule has 0 aromatic heterocycles. The number of aliphatic hydroxyl groups excluding tert-OH is 1. The van der Waals surface area contributed by atoms with Crippen molar-refractivity contribution in [3.63, 3.8) is 0 Å². The first-order valence-corrected chi connectivity index (χ1v) is 4.80. The van der Waals surface area contributed by atoms with Gasteiger partial charge >= 0.3 is 0 Å². The fourth-order valence-electron chi connectivity index (χ4n) is 0.959. The third-order valence-corrected chi connectivity index (χ3v) is 2.72. The Bertz CT molecular complexity index is 232. The quantitative estimate of drug-likeness (QED) is 0.769. The summed E-state index contributed by atoms with van der Waals surface area (Å²) in [5.41, 5.74) is -0.425. The van der Waals surface area contributed by atoms with E-state index in [2.05, 4.69) is 15.9 Å². The number of aliphatic hydroxyl groups is 2. The van der Waals surface area contributed by atoms with Crippen LogP contribution in [-0.4, -0.2) is 22.2 Å². The molecule has 66 valence electrons. The van der Waals surface area contributed by atoms with Gasteiger partial charge in [-0.05, 0) is 5.56 Å². The van der Waals surface area contributed by atoms with Crippen molar-refractivity contribution in [1.29, 1.82) is 0 Å². The van der Waals surface area contributed by atoms with Crippen molar-refractivity contribution in [2.75, 3.05) is 11.9 Å². The summed E-state index contributed by atoms with van der Waals surface area (Å²) in [6.07, 6.45) is 0. The molecule has 0 spiro atoms. The molecular formula is C9H11BrO2. The van der Waals surface area contributed by atoms with E-state index in [0.29, 0.717) is 5.33 Å². The van der Waals surface area contributed by atoms with Crippen molar-refractivity contribution >= 4 is 15.9 Å². The molecule has 0 fully saturated rings. The number of hydrogen-bond donors (Lipinski definition) is 2. The van der Waals surface area contributed by atoms with E-state index in [1.807, 2.05) is 18.2 Å². The Hall–Kier alpha value is -0.380. The third kappa shape index (κ3) is 1.86. The predicted octanol–water partition coefficient (Wildman–Crippen LogP) is 1.26. The average Bonchev–Trinajstić information content (AvgIpc) is 2.18. The lowest BCUT2D eigenvalue weighted by atomic mass is 9.97. The van der Waals surface area contributed by atoms with E-state index in [0.717, 1.165) is 5.56 Å². The molecule has 0 saturated heterocycles. The van der Waals surface area contributed by atoms with Gasteiger partial charge in [-0.2, -0.15) is 0 Å². The third-order valence-electron chi connectivity index (χ3n) is 1.79. The van der Waals surface area contributed by atoms with Crippen LogP contribution in [0, 0.1) is 0 Å². The van der Waals surface area contributed by atoms with Gasteiger partial charge in [-0.3, -0.25) is 0 Å². The smallest absolute Gasteiger partial charge is 0.122 e. The Morgan fingerprint density at radius 2 is 1.83 bits per heavy atom. The van der Waals surface area contributed by atoms with Gasteiger partial charge in [0.05, 0.1) is 6.61 Å². The van der Waals surface area contributed by atoms with E-state index in [1.165, 1.54) is 0 Å². The predicted molar refractivity (Wildman–Crippen MR) is 51.2 cm³/mol. The van der Waals surface area contributed by atoms with E-state index < -0.39 is 5.60 Å². The maximum absolute atomic E-state index is 9.80. The molecule has 0 unspecified atom stereocenters. The lowest BCUT2D eigenvalue weighted by Gasteiger charge is -2.23. The summed E-state index contributed by atoms with van der Waals surface area (Å²) in [6.45, 7) is -0.276. The number of benzene rings is 1. The highest BCUT2D eigenvalue weighted by atomic mass is 79.9. The topological polar surface area (TPSA) is 40.5 Å². The maximum Gasteiger partial charge on any atom is 0.122 e. The Kier molecular flexibility index (Phi) is 3.26. The van der Waals surface area contributed by atoms with Crippen molar-refractivity contribution in [2.24, 2.45) is 0 Å². The highest BCUT2D eigenvalue weighted by Gasteiger charge is 2.26. The van der Waals surface area contributed by atoms with Gasteiger partial charge in [0.2, 0.25) is 0 Å². The second-order valence-corrected chi connectivity index (χ2v) is 3.25. The Labute approximate surface area is 80.0 Å². The number of alkyl halides is 1. The second-order valence-electron chi connectivity index (χ2n) is 2.69. The molecule has 0 aliphatic heterocycles. The van der Waals surface area contributed by atoms with Crippen molar-refractivity contribution in [2.45, 2.75) is 5.60 Å². The molecule has 1 aromatic rings. The van der Waals surface area contributed by atoms with E-state index in [1.54, 1.807) is 12.1 Å². The Morgan fingerprint density at radius 3 is 2.25 bits per heavy atom. The van der Waals surface area contributed by atoms with E-state index >= 15 is 0 Å². The monoisotopic (exact) mass is 230 g/mol. The summed E-state index contributed by atoms with van der Waals surface area (Å²) >= 11 is 3.16. The fourth-order valence-corrected chi connectivity index (χ4v) is 1.46. The molecule has 0 bridgehead atoms. The molecule has 3 heteroatoms. The molecule has 1 rings (SSSR count). The summed E-state index contributed by atoms with van der Waals surface area (Å²) in [5.74, 6) is 0. The van der Waals surface area contributed by atoms with Gasteiger partial charge in [-0.1, -0.05) is 46.3 Å². The van der Waals surface area contributed by atoms with Crippen molar-refractivity contribution in [3.05, 3.63) is 35.9 Å². The molecule has 0 aliphatic carbocycles. The van der Waals surface area contributed by atoms with Crippen LogP contribution in [0.5, 0.6) is 0 Å². The standard InChI is InChI=1S/C9H11BrO2/c10-6-9(12,7-11)8-4-2-1-3-5-8/h1-5,11-12H,6-7H2/t9-/m1/s1. The molecule has 0 amide bonds. The van der Waals surface area contributed by atoms with Crippen LogP contribution in [0.15, 0.2) is 30.3 Å². The molecule has 2 N–H and O–H groups in total. The molecular weight excluding hydrogens is 220 g/mol. The zero-order chi connectivity index (χ0) is 9.03. The van der Waals surface area contributed by atoms with Crippen LogP contribution in [0.25, 0.3) is 0 Å². The van der Waals surface area contributed by atoms with Gasteiger partial charge in [0, 0.05) is 5.33 Å². The summed E-state index contributed by atoms with van der Waals surface area (Å²) in [4.78, 5) is 0. The van der Waals surface area contributed by atoms with Gasteiger partial charge < -0.3 is 10.2 Å². The largest absolute Gasteiger partial charge is 0.393 e. The number of halogens is 1. The van der Waals surface area contributed by atoms with Crippen molar-refractivity contribution < 1.29 is 10.2 Å². The van der Waals surface area contributed by atoms with E-state index in [9.17, 15) is 5.11 Å². The van der Waals surface area contributed by atoms with Crippen LogP contribution < -0.4 is 0 Å². The zero-order valence-corrected chi connectivity index (χ0v) is 8.16. The Balaban J connectivity index is 2.95. The molecule has 1 atom stereocenters. The van der Waals surface area contributed by atoms with Crippen LogP contribution >= 0.6 is 15.9 Å². The molecule has 2 nitrogen and oxygen atoms in total. The average molecular weight is 231 g/mol. The van der Waals surface area contributed by atoms with Crippen LogP contribution in [0.2, 0.25) is 0 Å². The first-order chi connectivity index (χ1) is 5.73. The van der Waals surface area contributed by atoms with Gasteiger partial charge in [0.1, 0.15) is 5.60 Å². The number of rotatable bonds is 3. The van der Waals surface area contributed by atoms with Gasteiger partial charge in [0.25, 0.3) is 0 Å². The van der Waals surface area contributed by atoms with Crippen LogP contribution in [0.3, 0.4) is 0 Å². The maximum atomic E-state index is 9.80. The van der Waals surface area contributed by atoms with Crippen LogP contribution in [0.1, 0.15) is 5.56 Å². The summed E-state index contributed by atoms with van der Waals surface area (Å²) in [7, 11) is 0. The summed E-state index contributed by atoms with van der Waals surface area (Å²) < 4.78 is 0. The van der Waals surface area contributed by atoms with E-state index in [-0.39, 0.29) is 6.61 Å². The van der Waals surface area contributed by atoms with Gasteiger partial charge in [-0.25, -0.2) is 0 Å². The molecule has 0 radical (unpaired) electrons. The molecule has 1 aromatic carbocycles. The minimum Gasteiger partial charge on any atom is -0.393 e. The van der Waals surface area contributed by atoms with Gasteiger partial charge in [-0.15, -0.1) is 0 Å². The minimum absolute atomic E-state index is 0.276. The summed E-state index contributed by atoms with van der Waals surface area (Å²) in [5, 5.41) is 19.1. The van der Waals surface area contributed by atoms with Crippen molar-refractivity contribution in [3.8, 4) is 0 Å². The normalized spacial score (nSPS) is 15.6. The first kappa shape index (κ1) is 9.71. The fraction of sp³-hybridized carbons (Fsp3) is 0.333. The highest BCUT2D eigenvalue weighted by molar-refractivity contribution is 9.09. The molecule has 0 aliphatic rings. The summed E-state index contributed by atoms with van der Waals surface area (Å²) in [6, 6.07) is 9.11. The lowest BCUT2D eigenvalue weighted by Crippen LogP contribution is -2.31. The van der Waals surface area contributed by atoms with Crippen molar-refractivity contribution in [1.82, 2.24) is 0 Å². The second kappa shape index (κ2) is 4.03. The molecule has 0 heterocycles. The van der Waals surface area contributed by atoms with Crippen LogP contribution in [-0.2, 0) is 5.60 Å². The van der Waals surface area contributed by atoms with Gasteiger partial charge in [0.15, 0.2) is 0 Å².